The largest absolute Gasteiger partial charge is 0.349 e. The number of para-hydroxylation sites is 2. The molecule has 0 N–H and O–H groups in total. The van der Waals surface area contributed by atoms with E-state index in [1.54, 1.807) is 0 Å². The van der Waals surface area contributed by atoms with Crippen molar-refractivity contribution in [2.24, 2.45) is 0 Å². The van der Waals surface area contributed by atoms with E-state index in [-0.39, 0.29) is 0 Å². The number of hydrogen-bond acceptors (Lipinski definition) is 2. The molecule has 0 aromatic heterocycles. The lowest BCUT2D eigenvalue weighted by Gasteiger charge is -2.18. The van der Waals surface area contributed by atoms with Gasteiger partial charge in [-0.2, -0.15) is 0 Å². The second kappa shape index (κ2) is 7.42. The topological polar surface area (TPSA) is 6.48 Å². The highest BCUT2D eigenvalue weighted by Crippen LogP contribution is 2.36. The molecule has 19 heavy (non-hydrogen) atoms. The van der Waals surface area contributed by atoms with Crippen molar-refractivity contribution in [1.29, 1.82) is 0 Å². The fraction of sp³-hybridized carbons (Fsp3) is 0.588. The molecule has 0 atom stereocenters. The molecule has 0 fully saturated rings. The van der Waals surface area contributed by atoms with Crippen molar-refractivity contribution in [2.75, 3.05) is 23.4 Å². The summed E-state index contributed by atoms with van der Waals surface area (Å²) in [6.45, 7) is 5.65. The van der Waals surface area contributed by atoms with Crippen molar-refractivity contribution in [2.45, 2.75) is 51.9 Å². The van der Waals surface area contributed by atoms with Crippen molar-refractivity contribution in [1.82, 2.24) is 0 Å². The molecular formula is C17H27N2. The predicted molar refractivity (Wildman–Crippen MR) is 84.5 cm³/mol. The lowest BCUT2D eigenvalue weighted by Crippen LogP contribution is -2.23. The van der Waals surface area contributed by atoms with Crippen LogP contribution in [0.15, 0.2) is 24.3 Å². The van der Waals surface area contributed by atoms with E-state index in [0.29, 0.717) is 0 Å². The molecule has 0 bridgehead atoms. The van der Waals surface area contributed by atoms with Gasteiger partial charge in [0.2, 0.25) is 0 Å². The molecule has 0 saturated heterocycles. The van der Waals surface area contributed by atoms with Gasteiger partial charge in [-0.25, -0.2) is 0 Å². The first-order chi connectivity index (χ1) is 9.33. The summed E-state index contributed by atoms with van der Waals surface area (Å²) < 4.78 is 0. The van der Waals surface area contributed by atoms with E-state index >= 15 is 0 Å². The standard InChI is InChI=1S/C17H27N2/c1-3-4-5-6-7-8-11-14-19-15-18(2)16-12-9-10-13-17(16)19/h9-10,12-13,15H,3-8,11,14H2,1-2H3. The van der Waals surface area contributed by atoms with E-state index in [1.807, 2.05) is 0 Å². The van der Waals surface area contributed by atoms with Gasteiger partial charge >= 0.3 is 0 Å². The van der Waals surface area contributed by atoms with Crippen LogP contribution in [0.1, 0.15) is 51.9 Å². The number of benzene rings is 1. The van der Waals surface area contributed by atoms with Crippen LogP contribution in [0.3, 0.4) is 0 Å². The third-order valence-corrected chi connectivity index (χ3v) is 3.89. The van der Waals surface area contributed by atoms with Crippen LogP contribution in [-0.2, 0) is 0 Å². The third kappa shape index (κ3) is 3.89. The average molecular weight is 259 g/mol. The van der Waals surface area contributed by atoms with Crippen molar-refractivity contribution in [3.05, 3.63) is 30.9 Å². The van der Waals surface area contributed by atoms with Crippen molar-refractivity contribution in [3.63, 3.8) is 0 Å². The van der Waals surface area contributed by atoms with Crippen molar-refractivity contribution >= 4 is 11.4 Å². The molecular weight excluding hydrogens is 232 g/mol. The van der Waals surface area contributed by atoms with Crippen LogP contribution in [0.2, 0.25) is 0 Å². The average Bonchev–Trinajstić information content (AvgIpc) is 2.75. The quantitative estimate of drug-likeness (QED) is 0.618. The Hall–Kier alpha value is -1.18. The first-order valence-corrected chi connectivity index (χ1v) is 7.76. The van der Waals surface area contributed by atoms with Gasteiger partial charge in [-0.15, -0.1) is 0 Å². The Labute approximate surface area is 118 Å². The van der Waals surface area contributed by atoms with Crippen molar-refractivity contribution < 1.29 is 0 Å². The first kappa shape index (κ1) is 14.2. The van der Waals surface area contributed by atoms with E-state index in [0.717, 1.165) is 6.54 Å². The van der Waals surface area contributed by atoms with Crippen LogP contribution in [0.25, 0.3) is 0 Å². The zero-order valence-electron chi connectivity index (χ0n) is 12.4. The van der Waals surface area contributed by atoms with Gasteiger partial charge in [0, 0.05) is 13.6 Å². The maximum atomic E-state index is 2.39. The van der Waals surface area contributed by atoms with Gasteiger partial charge in [0.05, 0.1) is 11.4 Å². The molecule has 2 nitrogen and oxygen atoms in total. The van der Waals surface area contributed by atoms with E-state index in [9.17, 15) is 0 Å². The van der Waals surface area contributed by atoms with Crippen molar-refractivity contribution in [3.8, 4) is 0 Å². The summed E-state index contributed by atoms with van der Waals surface area (Å²) in [4.78, 5) is 4.61. The molecule has 2 rings (SSSR count). The Morgan fingerprint density at radius 2 is 1.47 bits per heavy atom. The van der Waals surface area contributed by atoms with Crippen LogP contribution < -0.4 is 9.80 Å². The second-order valence-electron chi connectivity index (χ2n) is 5.53. The maximum absolute atomic E-state index is 2.39. The molecule has 0 aliphatic carbocycles. The molecule has 1 aliphatic heterocycles. The summed E-state index contributed by atoms with van der Waals surface area (Å²) in [5.41, 5.74) is 2.68. The summed E-state index contributed by atoms with van der Waals surface area (Å²) in [6.07, 6.45) is 9.62. The van der Waals surface area contributed by atoms with Gasteiger partial charge in [-0.1, -0.05) is 57.6 Å². The van der Waals surface area contributed by atoms with E-state index in [4.69, 9.17) is 0 Å². The molecule has 1 aromatic rings. The zero-order valence-corrected chi connectivity index (χ0v) is 12.4. The highest BCUT2D eigenvalue weighted by atomic mass is 15.4. The van der Waals surface area contributed by atoms with Crippen LogP contribution >= 0.6 is 0 Å². The van der Waals surface area contributed by atoms with Gasteiger partial charge in [-0.05, 0) is 18.6 Å². The molecule has 0 unspecified atom stereocenters. The lowest BCUT2D eigenvalue weighted by molar-refractivity contribution is 0.589. The van der Waals surface area contributed by atoms with E-state index in [1.165, 1.54) is 56.3 Å². The monoisotopic (exact) mass is 259 g/mol. The Kier molecular flexibility index (Phi) is 5.56. The predicted octanol–water partition coefficient (Wildman–Crippen LogP) is 4.81. The third-order valence-electron chi connectivity index (χ3n) is 3.89. The van der Waals surface area contributed by atoms with Gasteiger partial charge in [0.25, 0.3) is 0 Å². The molecule has 1 aromatic carbocycles. The molecule has 0 amide bonds. The fourth-order valence-corrected chi connectivity index (χ4v) is 2.76. The fourth-order valence-electron chi connectivity index (χ4n) is 2.76. The van der Waals surface area contributed by atoms with Gasteiger partial charge in [0.15, 0.2) is 0 Å². The Bertz CT molecular complexity index is 375. The molecule has 1 aliphatic rings. The summed E-state index contributed by atoms with van der Waals surface area (Å²) in [7, 11) is 2.13. The summed E-state index contributed by atoms with van der Waals surface area (Å²) >= 11 is 0. The minimum absolute atomic E-state index is 1.15. The number of hydrogen-bond donors (Lipinski definition) is 0. The number of nitrogens with zero attached hydrogens (tertiary/aromatic N) is 2. The minimum Gasteiger partial charge on any atom is -0.349 e. The van der Waals surface area contributed by atoms with Crippen LogP contribution in [0.4, 0.5) is 11.4 Å². The number of rotatable bonds is 8. The molecule has 0 saturated carbocycles. The Morgan fingerprint density at radius 3 is 2.21 bits per heavy atom. The molecule has 105 valence electrons. The Balaban J connectivity index is 1.68. The van der Waals surface area contributed by atoms with E-state index in [2.05, 4.69) is 54.7 Å². The Morgan fingerprint density at radius 1 is 0.842 bits per heavy atom. The SMILES string of the molecule is CCCCCCCCCN1[CH]N(C)c2ccccc21. The van der Waals surface area contributed by atoms with Crippen LogP contribution in [0.5, 0.6) is 0 Å². The summed E-state index contributed by atoms with van der Waals surface area (Å²) in [5.74, 6) is 0. The number of unbranched alkanes of at least 4 members (excludes halogenated alkanes) is 6. The molecule has 0 spiro atoms. The lowest BCUT2D eigenvalue weighted by atomic mass is 10.1. The van der Waals surface area contributed by atoms with Gasteiger partial charge < -0.3 is 9.80 Å². The number of fused-ring (bicyclic) bond motifs is 1. The smallest absolute Gasteiger partial charge is 0.142 e. The summed E-state index contributed by atoms with van der Waals surface area (Å²) in [6, 6.07) is 8.65. The normalized spacial score (nSPS) is 14.0. The van der Waals surface area contributed by atoms with Gasteiger partial charge in [0.1, 0.15) is 6.67 Å². The highest BCUT2D eigenvalue weighted by molar-refractivity contribution is 5.77. The van der Waals surface area contributed by atoms with Gasteiger partial charge in [-0.3, -0.25) is 0 Å². The van der Waals surface area contributed by atoms with Crippen LogP contribution in [0, 0.1) is 6.67 Å². The highest BCUT2D eigenvalue weighted by Gasteiger charge is 2.22. The first-order valence-electron chi connectivity index (χ1n) is 7.76. The number of anilines is 2. The molecule has 1 heterocycles. The maximum Gasteiger partial charge on any atom is 0.142 e. The summed E-state index contributed by atoms with van der Waals surface area (Å²) in [5, 5.41) is 0. The molecule has 1 radical (unpaired) electrons. The molecule has 2 heteroatoms. The second-order valence-corrected chi connectivity index (χ2v) is 5.53. The minimum atomic E-state index is 1.15. The zero-order chi connectivity index (χ0) is 13.5. The van der Waals surface area contributed by atoms with E-state index < -0.39 is 0 Å². The van der Waals surface area contributed by atoms with Crippen LogP contribution in [-0.4, -0.2) is 13.6 Å².